The maximum absolute atomic E-state index is 13.4. The van der Waals surface area contributed by atoms with Crippen LogP contribution < -0.4 is 4.74 Å². The number of rotatable bonds is 3. The zero-order valence-corrected chi connectivity index (χ0v) is 9.54. The number of benzene rings is 1. The van der Waals surface area contributed by atoms with Crippen molar-refractivity contribution in [3.8, 4) is 11.6 Å². The average molecular weight is 276 g/mol. The van der Waals surface area contributed by atoms with Crippen LogP contribution in [-0.4, -0.2) is 13.7 Å². The molecule has 0 bridgehead atoms. The number of ether oxygens (including phenoxy) is 1. The lowest BCUT2D eigenvalue weighted by Crippen LogP contribution is -1.92. The van der Waals surface area contributed by atoms with Gasteiger partial charge in [0.05, 0.1) is 22.7 Å². The molecular formula is C8H3ClFN3O3S. The summed E-state index contributed by atoms with van der Waals surface area (Å²) in [6.07, 6.45) is 0. The molecule has 1 aromatic carbocycles. The Morgan fingerprint density at radius 1 is 1.47 bits per heavy atom. The van der Waals surface area contributed by atoms with Gasteiger partial charge in [-0.25, -0.2) is 4.39 Å². The summed E-state index contributed by atoms with van der Waals surface area (Å²) < 4.78 is 25.8. The summed E-state index contributed by atoms with van der Waals surface area (Å²) in [5.74, 6) is -1.11. The molecule has 0 fully saturated rings. The molecule has 1 aromatic heterocycles. The molecule has 0 atom stereocenters. The van der Waals surface area contributed by atoms with Gasteiger partial charge < -0.3 is 4.74 Å². The molecule has 9 heteroatoms. The zero-order valence-electron chi connectivity index (χ0n) is 7.96. The Hall–Kier alpha value is -1.80. The highest BCUT2D eigenvalue weighted by Crippen LogP contribution is 2.30. The van der Waals surface area contributed by atoms with Gasteiger partial charge in [0.15, 0.2) is 11.6 Å². The minimum Gasteiger partial charge on any atom is -0.433 e. The molecule has 88 valence electrons. The van der Waals surface area contributed by atoms with Gasteiger partial charge in [0.25, 0.3) is 11.6 Å². The first kappa shape index (κ1) is 11.7. The number of non-ortho nitro benzene ring substituents is 1. The second-order valence-electron chi connectivity index (χ2n) is 2.83. The molecule has 0 saturated heterocycles. The molecular weight excluding hydrogens is 273 g/mol. The average Bonchev–Trinajstić information content (AvgIpc) is 2.67. The SMILES string of the molecule is O=[N+]([O-])c1ccc(Oc2nsnc2Cl)c(F)c1. The van der Waals surface area contributed by atoms with Crippen LogP contribution in [0.25, 0.3) is 0 Å². The van der Waals surface area contributed by atoms with Crippen LogP contribution >= 0.6 is 23.3 Å². The maximum atomic E-state index is 13.4. The summed E-state index contributed by atoms with van der Waals surface area (Å²) in [5.41, 5.74) is -0.364. The third-order valence-electron chi connectivity index (χ3n) is 1.75. The van der Waals surface area contributed by atoms with E-state index in [2.05, 4.69) is 8.75 Å². The maximum Gasteiger partial charge on any atom is 0.272 e. The first-order valence-electron chi connectivity index (χ1n) is 4.18. The lowest BCUT2D eigenvalue weighted by molar-refractivity contribution is -0.385. The Morgan fingerprint density at radius 3 is 2.76 bits per heavy atom. The second kappa shape index (κ2) is 4.60. The normalized spacial score (nSPS) is 10.2. The Balaban J connectivity index is 2.29. The van der Waals surface area contributed by atoms with E-state index in [0.717, 1.165) is 29.9 Å². The van der Waals surface area contributed by atoms with Crippen LogP contribution in [0.2, 0.25) is 5.15 Å². The number of nitro groups is 1. The van der Waals surface area contributed by atoms with Gasteiger partial charge in [0.1, 0.15) is 0 Å². The number of aromatic nitrogens is 2. The van der Waals surface area contributed by atoms with Crippen LogP contribution in [0, 0.1) is 15.9 Å². The highest BCUT2D eigenvalue weighted by Gasteiger charge is 2.15. The molecule has 17 heavy (non-hydrogen) atoms. The van der Waals surface area contributed by atoms with Crippen LogP contribution in [0.5, 0.6) is 11.6 Å². The van der Waals surface area contributed by atoms with Crippen LogP contribution in [0.15, 0.2) is 18.2 Å². The summed E-state index contributed by atoms with van der Waals surface area (Å²) in [6, 6.07) is 3.00. The van der Waals surface area contributed by atoms with Gasteiger partial charge in [-0.2, -0.15) is 4.37 Å². The van der Waals surface area contributed by atoms with Gasteiger partial charge in [0.2, 0.25) is 5.15 Å². The van der Waals surface area contributed by atoms with E-state index >= 15 is 0 Å². The Bertz CT molecular complexity index is 577. The monoisotopic (exact) mass is 275 g/mol. The number of nitrogens with zero attached hydrogens (tertiary/aromatic N) is 3. The lowest BCUT2D eigenvalue weighted by atomic mass is 10.3. The molecule has 0 aliphatic carbocycles. The van der Waals surface area contributed by atoms with Gasteiger partial charge in [-0.15, -0.1) is 4.37 Å². The Kier molecular flexibility index (Phi) is 3.16. The van der Waals surface area contributed by atoms with Crippen molar-refractivity contribution in [2.45, 2.75) is 0 Å². The molecule has 0 saturated carbocycles. The fourth-order valence-corrected chi connectivity index (χ4v) is 1.63. The smallest absolute Gasteiger partial charge is 0.272 e. The number of hydrogen-bond acceptors (Lipinski definition) is 6. The highest BCUT2D eigenvalue weighted by atomic mass is 35.5. The van der Waals surface area contributed by atoms with Crippen molar-refractivity contribution >= 4 is 29.0 Å². The summed E-state index contributed by atoms with van der Waals surface area (Å²) >= 11 is 6.42. The molecule has 0 N–H and O–H groups in total. The predicted molar refractivity (Wildman–Crippen MR) is 58.0 cm³/mol. The van der Waals surface area contributed by atoms with Gasteiger partial charge in [0, 0.05) is 6.07 Å². The fraction of sp³-hybridized carbons (Fsp3) is 0. The van der Waals surface area contributed by atoms with Crippen molar-refractivity contribution in [1.29, 1.82) is 0 Å². The minimum atomic E-state index is -0.872. The number of nitro benzene ring substituents is 1. The van der Waals surface area contributed by atoms with Crippen molar-refractivity contribution in [2.75, 3.05) is 0 Å². The quantitative estimate of drug-likeness (QED) is 0.635. The first-order chi connectivity index (χ1) is 8.08. The van der Waals surface area contributed by atoms with Crippen molar-refractivity contribution in [2.24, 2.45) is 0 Å². The predicted octanol–water partition coefficient (Wildman–Crippen LogP) is 3.03. The van der Waals surface area contributed by atoms with E-state index in [4.69, 9.17) is 16.3 Å². The standard InChI is InChI=1S/C8H3ClFN3O3S/c9-7-8(12-17-11-7)16-6-2-1-4(13(14)15)3-5(6)10/h1-3H. The fourth-order valence-electron chi connectivity index (χ4n) is 1.02. The van der Waals surface area contributed by atoms with E-state index < -0.39 is 10.7 Å². The lowest BCUT2D eigenvalue weighted by Gasteiger charge is -2.02. The van der Waals surface area contributed by atoms with Gasteiger partial charge in [-0.05, 0) is 6.07 Å². The second-order valence-corrected chi connectivity index (χ2v) is 3.72. The minimum absolute atomic E-state index is 0.00718. The molecule has 2 aromatic rings. The van der Waals surface area contributed by atoms with E-state index in [0.29, 0.717) is 0 Å². The van der Waals surface area contributed by atoms with Crippen molar-refractivity contribution in [3.63, 3.8) is 0 Å². The zero-order chi connectivity index (χ0) is 12.4. The third kappa shape index (κ3) is 2.48. The summed E-state index contributed by atoms with van der Waals surface area (Å²) in [6.45, 7) is 0. The molecule has 2 rings (SSSR count). The highest BCUT2D eigenvalue weighted by molar-refractivity contribution is 6.99. The summed E-state index contributed by atoms with van der Waals surface area (Å²) in [4.78, 5) is 9.69. The van der Waals surface area contributed by atoms with Crippen molar-refractivity contribution in [1.82, 2.24) is 8.75 Å². The molecule has 0 radical (unpaired) electrons. The van der Waals surface area contributed by atoms with Crippen molar-refractivity contribution < 1.29 is 14.1 Å². The van der Waals surface area contributed by atoms with Crippen LogP contribution in [0.1, 0.15) is 0 Å². The van der Waals surface area contributed by atoms with Gasteiger partial charge in [-0.1, -0.05) is 11.6 Å². The Labute approximate surface area is 103 Å². The van der Waals surface area contributed by atoms with Gasteiger partial charge in [-0.3, -0.25) is 10.1 Å². The molecule has 0 unspecified atom stereocenters. The number of hydrogen-bond donors (Lipinski definition) is 0. The Morgan fingerprint density at radius 2 is 2.24 bits per heavy atom. The van der Waals surface area contributed by atoms with Crippen LogP contribution in [-0.2, 0) is 0 Å². The summed E-state index contributed by atoms with van der Waals surface area (Å²) in [7, 11) is 0. The largest absolute Gasteiger partial charge is 0.433 e. The first-order valence-corrected chi connectivity index (χ1v) is 5.28. The summed E-state index contributed by atoms with van der Waals surface area (Å²) in [5, 5.41) is 10.4. The van der Waals surface area contributed by atoms with Crippen molar-refractivity contribution in [3.05, 3.63) is 39.3 Å². The van der Waals surface area contributed by atoms with Crippen LogP contribution in [0.4, 0.5) is 10.1 Å². The molecule has 0 spiro atoms. The van der Waals surface area contributed by atoms with Gasteiger partial charge >= 0.3 is 0 Å². The number of halogens is 2. The van der Waals surface area contributed by atoms with Crippen LogP contribution in [0.3, 0.4) is 0 Å². The third-order valence-corrected chi connectivity index (χ3v) is 2.61. The molecule has 0 amide bonds. The van der Waals surface area contributed by atoms with E-state index in [1.807, 2.05) is 0 Å². The van der Waals surface area contributed by atoms with E-state index in [9.17, 15) is 14.5 Å². The van der Waals surface area contributed by atoms with E-state index in [1.165, 1.54) is 0 Å². The molecule has 0 aliphatic rings. The topological polar surface area (TPSA) is 78.2 Å². The molecule has 1 heterocycles. The molecule has 6 nitrogen and oxygen atoms in total. The van der Waals surface area contributed by atoms with E-state index in [-0.39, 0.29) is 22.5 Å². The van der Waals surface area contributed by atoms with E-state index in [1.54, 1.807) is 0 Å². The molecule has 0 aliphatic heterocycles.